The maximum Gasteiger partial charge on any atom is 0.0401 e. The molecule has 0 bridgehead atoms. The van der Waals surface area contributed by atoms with Crippen LogP contribution >= 0.6 is 0 Å². The molecule has 106 valence electrons. The van der Waals surface area contributed by atoms with E-state index < -0.39 is 0 Å². The second-order valence-electron chi connectivity index (χ2n) is 3.44. The Morgan fingerprint density at radius 3 is 1.63 bits per heavy atom. The summed E-state index contributed by atoms with van der Waals surface area (Å²) in [4.78, 5) is 7.96. The number of hydrogen-bond donors (Lipinski definition) is 0. The molecule has 2 heteroatoms. The van der Waals surface area contributed by atoms with Crippen LogP contribution in [0.5, 0.6) is 0 Å². The lowest BCUT2D eigenvalue weighted by Gasteiger charge is -1.92. The predicted molar refractivity (Wildman–Crippen MR) is 85.4 cm³/mol. The lowest BCUT2D eigenvalue weighted by molar-refractivity contribution is 1.15. The van der Waals surface area contributed by atoms with Crippen molar-refractivity contribution in [3.05, 3.63) is 59.7 Å². The van der Waals surface area contributed by atoms with Crippen LogP contribution in [0, 0.1) is 20.8 Å². The van der Waals surface area contributed by atoms with Crippen LogP contribution in [0.15, 0.2) is 42.9 Å². The summed E-state index contributed by atoms with van der Waals surface area (Å²) in [5.74, 6) is 0. The van der Waals surface area contributed by atoms with Gasteiger partial charge in [-0.1, -0.05) is 39.8 Å². The molecule has 2 heterocycles. The van der Waals surface area contributed by atoms with Crippen LogP contribution in [-0.4, -0.2) is 9.97 Å². The Labute approximate surface area is 118 Å². The zero-order chi connectivity index (χ0) is 15.1. The van der Waals surface area contributed by atoms with E-state index in [1.165, 1.54) is 11.1 Å². The minimum atomic E-state index is 1.12. The van der Waals surface area contributed by atoms with Gasteiger partial charge < -0.3 is 0 Å². The van der Waals surface area contributed by atoms with Gasteiger partial charge in [0.25, 0.3) is 0 Å². The Morgan fingerprint density at radius 2 is 1.37 bits per heavy atom. The first kappa shape index (κ1) is 19.6. The Kier molecular flexibility index (Phi) is 14.8. The third-order valence-corrected chi connectivity index (χ3v) is 2.08. The maximum atomic E-state index is 4.08. The zero-order valence-corrected chi connectivity index (χ0v) is 13.4. The molecule has 0 spiro atoms. The van der Waals surface area contributed by atoms with E-state index in [9.17, 15) is 0 Å². The van der Waals surface area contributed by atoms with E-state index in [0.717, 1.165) is 5.69 Å². The second-order valence-corrected chi connectivity index (χ2v) is 3.44. The predicted octanol–water partition coefficient (Wildman–Crippen LogP) is 5.14. The summed E-state index contributed by atoms with van der Waals surface area (Å²) < 4.78 is 0. The molecular weight excluding hydrogens is 232 g/mol. The van der Waals surface area contributed by atoms with Crippen molar-refractivity contribution in [1.82, 2.24) is 9.97 Å². The minimum Gasteiger partial charge on any atom is -0.264 e. The van der Waals surface area contributed by atoms with Gasteiger partial charge in [0, 0.05) is 24.3 Å². The standard InChI is InChI=1S/C7H9N.C6H7N.2C2H6/c1-6-4-3-5-8-7(6)2;1-6-3-2-4-7-5-6;2*1-2/h3-5H,1-2H3;2-5H,1H3;2*1-2H3. The van der Waals surface area contributed by atoms with Crippen molar-refractivity contribution in [1.29, 1.82) is 0 Å². The summed E-state index contributed by atoms with van der Waals surface area (Å²) >= 11 is 0. The third-order valence-electron chi connectivity index (χ3n) is 2.08. The van der Waals surface area contributed by atoms with E-state index in [2.05, 4.69) is 23.0 Å². The van der Waals surface area contributed by atoms with Gasteiger partial charge in [0.15, 0.2) is 0 Å². The molecule has 0 aliphatic heterocycles. The Morgan fingerprint density at radius 1 is 0.789 bits per heavy atom. The maximum absolute atomic E-state index is 4.08. The van der Waals surface area contributed by atoms with Crippen LogP contribution in [0.1, 0.15) is 44.5 Å². The molecule has 0 saturated carbocycles. The number of hydrogen-bond acceptors (Lipinski definition) is 2. The van der Waals surface area contributed by atoms with Crippen molar-refractivity contribution in [3.8, 4) is 0 Å². The SMILES string of the molecule is CC.CC.Cc1cccnc1.Cc1cccnc1C. The van der Waals surface area contributed by atoms with Gasteiger partial charge in [-0.2, -0.15) is 0 Å². The smallest absolute Gasteiger partial charge is 0.0401 e. The van der Waals surface area contributed by atoms with Crippen molar-refractivity contribution in [3.63, 3.8) is 0 Å². The van der Waals surface area contributed by atoms with Crippen LogP contribution in [0.25, 0.3) is 0 Å². The highest BCUT2D eigenvalue weighted by atomic mass is 14.7. The van der Waals surface area contributed by atoms with E-state index in [1.807, 2.05) is 72.1 Å². The second kappa shape index (κ2) is 14.4. The van der Waals surface area contributed by atoms with Crippen LogP contribution in [0.3, 0.4) is 0 Å². The van der Waals surface area contributed by atoms with E-state index >= 15 is 0 Å². The molecule has 2 aromatic rings. The topological polar surface area (TPSA) is 25.8 Å². The average molecular weight is 260 g/mol. The third kappa shape index (κ3) is 11.1. The first-order valence-corrected chi connectivity index (χ1v) is 6.95. The summed E-state index contributed by atoms with van der Waals surface area (Å²) in [5, 5.41) is 0. The van der Waals surface area contributed by atoms with Crippen molar-refractivity contribution in [2.24, 2.45) is 0 Å². The highest BCUT2D eigenvalue weighted by Crippen LogP contribution is 1.98. The van der Waals surface area contributed by atoms with Crippen LogP contribution < -0.4 is 0 Å². The molecule has 0 atom stereocenters. The monoisotopic (exact) mass is 260 g/mol. The molecule has 0 N–H and O–H groups in total. The first-order chi connectivity index (χ1) is 9.20. The van der Waals surface area contributed by atoms with E-state index in [0.29, 0.717) is 0 Å². The number of pyridine rings is 2. The fraction of sp³-hybridized carbons (Fsp3) is 0.412. The van der Waals surface area contributed by atoms with Crippen LogP contribution in [0.2, 0.25) is 0 Å². The zero-order valence-electron chi connectivity index (χ0n) is 13.4. The lowest BCUT2D eigenvalue weighted by Crippen LogP contribution is -1.81. The number of rotatable bonds is 0. The molecule has 2 rings (SSSR count). The highest BCUT2D eigenvalue weighted by Gasteiger charge is 1.85. The molecule has 0 radical (unpaired) electrons. The lowest BCUT2D eigenvalue weighted by atomic mass is 10.2. The summed E-state index contributed by atoms with van der Waals surface area (Å²) in [7, 11) is 0. The highest BCUT2D eigenvalue weighted by molar-refractivity contribution is 5.15. The molecule has 19 heavy (non-hydrogen) atoms. The van der Waals surface area contributed by atoms with Gasteiger partial charge in [-0.15, -0.1) is 0 Å². The minimum absolute atomic E-state index is 1.12. The summed E-state index contributed by atoms with van der Waals surface area (Å²) in [5.41, 5.74) is 3.59. The molecule has 0 aliphatic carbocycles. The fourth-order valence-corrected chi connectivity index (χ4v) is 1.01. The normalized spacial score (nSPS) is 7.74. The number of aryl methyl sites for hydroxylation is 3. The largest absolute Gasteiger partial charge is 0.264 e. The summed E-state index contributed by atoms with van der Waals surface area (Å²) in [6.07, 6.45) is 5.41. The van der Waals surface area contributed by atoms with Gasteiger partial charge in [-0.05, 0) is 44.0 Å². The molecule has 0 unspecified atom stereocenters. The molecule has 0 saturated heterocycles. The molecular formula is C17H28N2. The van der Waals surface area contributed by atoms with Gasteiger partial charge in [0.1, 0.15) is 0 Å². The fourth-order valence-electron chi connectivity index (χ4n) is 1.01. The van der Waals surface area contributed by atoms with E-state index in [-0.39, 0.29) is 0 Å². The van der Waals surface area contributed by atoms with E-state index in [1.54, 1.807) is 6.20 Å². The van der Waals surface area contributed by atoms with Crippen molar-refractivity contribution in [2.45, 2.75) is 48.5 Å². The Hall–Kier alpha value is -1.70. The van der Waals surface area contributed by atoms with Gasteiger partial charge in [-0.25, -0.2) is 0 Å². The van der Waals surface area contributed by atoms with E-state index in [4.69, 9.17) is 0 Å². The first-order valence-electron chi connectivity index (χ1n) is 6.95. The van der Waals surface area contributed by atoms with Crippen LogP contribution in [-0.2, 0) is 0 Å². The Bertz CT molecular complexity index is 376. The molecule has 0 amide bonds. The molecule has 0 aliphatic rings. The summed E-state index contributed by atoms with van der Waals surface area (Å²) in [6, 6.07) is 7.95. The molecule has 2 aromatic heterocycles. The quantitative estimate of drug-likeness (QED) is 0.655. The molecule has 2 nitrogen and oxygen atoms in total. The molecule has 0 fully saturated rings. The number of nitrogens with zero attached hydrogens (tertiary/aromatic N) is 2. The van der Waals surface area contributed by atoms with Gasteiger partial charge in [0.05, 0.1) is 0 Å². The Balaban J connectivity index is 0. The molecule has 0 aromatic carbocycles. The summed E-state index contributed by atoms with van der Waals surface area (Å²) in [6.45, 7) is 14.1. The van der Waals surface area contributed by atoms with Crippen molar-refractivity contribution < 1.29 is 0 Å². The van der Waals surface area contributed by atoms with Gasteiger partial charge in [-0.3, -0.25) is 9.97 Å². The van der Waals surface area contributed by atoms with Crippen molar-refractivity contribution in [2.75, 3.05) is 0 Å². The van der Waals surface area contributed by atoms with Gasteiger partial charge in [0.2, 0.25) is 0 Å². The number of aromatic nitrogens is 2. The average Bonchev–Trinajstić information content (AvgIpc) is 2.48. The van der Waals surface area contributed by atoms with Gasteiger partial charge >= 0.3 is 0 Å². The van der Waals surface area contributed by atoms with Crippen LogP contribution in [0.4, 0.5) is 0 Å². The van der Waals surface area contributed by atoms with Crippen molar-refractivity contribution >= 4 is 0 Å².